The van der Waals surface area contributed by atoms with Crippen LogP contribution >= 0.6 is 24.0 Å². The fraction of sp³-hybridized carbons (Fsp3) is 0.632. The van der Waals surface area contributed by atoms with Crippen molar-refractivity contribution < 1.29 is 0 Å². The average molecular weight is 487 g/mol. The maximum Gasteiger partial charge on any atom is 0.193 e. The molecule has 2 aromatic rings. The van der Waals surface area contributed by atoms with Crippen molar-refractivity contribution in [3.63, 3.8) is 0 Å². The van der Waals surface area contributed by atoms with Gasteiger partial charge in [-0.05, 0) is 32.3 Å². The van der Waals surface area contributed by atoms with E-state index in [1.54, 1.807) is 0 Å². The van der Waals surface area contributed by atoms with E-state index in [1.165, 1.54) is 11.3 Å². The molecule has 0 atom stereocenters. The summed E-state index contributed by atoms with van der Waals surface area (Å²) in [6.45, 7) is 11.0. The number of aryl methyl sites for hydroxylation is 4. The molecule has 0 fully saturated rings. The van der Waals surface area contributed by atoms with E-state index >= 15 is 0 Å². The number of halogens is 1. The lowest BCUT2D eigenvalue weighted by atomic mass is 10.1. The maximum absolute atomic E-state index is 4.59. The zero-order valence-corrected chi connectivity index (χ0v) is 20.0. The topological polar surface area (TPSA) is 63.3 Å². The summed E-state index contributed by atoms with van der Waals surface area (Å²) in [5.41, 5.74) is 4.68. The predicted octanol–water partition coefficient (Wildman–Crippen LogP) is 3.07. The highest BCUT2D eigenvalue weighted by Crippen LogP contribution is 2.18. The summed E-state index contributed by atoms with van der Waals surface area (Å²) in [5.74, 6) is 1.31. The summed E-state index contributed by atoms with van der Waals surface area (Å²) in [7, 11) is 5.86. The molecule has 0 bridgehead atoms. The molecule has 2 aromatic heterocycles. The zero-order valence-electron chi connectivity index (χ0n) is 17.7. The van der Waals surface area contributed by atoms with Crippen LogP contribution in [0, 0.1) is 13.8 Å². The van der Waals surface area contributed by atoms with Gasteiger partial charge >= 0.3 is 0 Å². The second-order valence-corrected chi connectivity index (χ2v) is 7.20. The van der Waals surface area contributed by atoms with Crippen LogP contribution in [0.2, 0.25) is 0 Å². The summed E-state index contributed by atoms with van der Waals surface area (Å²) in [4.78, 5) is 6.56. The Labute approximate surface area is 180 Å². The number of aliphatic imine (C=N–C) groups is 1. The Morgan fingerprint density at radius 3 is 2.56 bits per heavy atom. The van der Waals surface area contributed by atoms with Gasteiger partial charge in [0.1, 0.15) is 0 Å². The normalized spacial score (nSPS) is 11.6. The van der Waals surface area contributed by atoms with E-state index in [9.17, 15) is 0 Å². The smallest absolute Gasteiger partial charge is 0.193 e. The van der Waals surface area contributed by atoms with E-state index in [-0.39, 0.29) is 24.0 Å². The molecule has 0 spiro atoms. The Hall–Kier alpha value is -1.58. The van der Waals surface area contributed by atoms with Crippen molar-refractivity contribution >= 4 is 29.9 Å². The molecule has 0 aromatic carbocycles. The highest BCUT2D eigenvalue weighted by molar-refractivity contribution is 14.0. The van der Waals surface area contributed by atoms with E-state index in [2.05, 4.69) is 70.2 Å². The number of hydrogen-bond acceptors (Lipinski definition) is 3. The lowest BCUT2D eigenvalue weighted by molar-refractivity contribution is 0.467. The molecule has 2 heterocycles. The first-order valence-electron chi connectivity index (χ1n) is 9.27. The minimum absolute atomic E-state index is 0. The Bertz CT molecular complexity index is 745. The second-order valence-electron chi connectivity index (χ2n) is 7.20. The van der Waals surface area contributed by atoms with Gasteiger partial charge in [0, 0.05) is 58.2 Å². The van der Waals surface area contributed by atoms with E-state index in [1.807, 2.05) is 25.7 Å². The van der Waals surface area contributed by atoms with Crippen LogP contribution in [0.1, 0.15) is 48.8 Å². The van der Waals surface area contributed by atoms with Crippen LogP contribution in [0.15, 0.2) is 17.3 Å². The first-order chi connectivity index (χ1) is 12.3. The number of nitrogens with one attached hydrogen (secondary N) is 1. The number of hydrogen-bond donors (Lipinski definition) is 1. The van der Waals surface area contributed by atoms with Crippen molar-refractivity contribution in [3.05, 3.63) is 34.9 Å². The van der Waals surface area contributed by atoms with Crippen LogP contribution in [0.5, 0.6) is 0 Å². The summed E-state index contributed by atoms with van der Waals surface area (Å²) < 4.78 is 3.96. The molecule has 2 rings (SSSR count). The lowest BCUT2D eigenvalue weighted by Crippen LogP contribution is -2.39. The van der Waals surface area contributed by atoms with Crippen LogP contribution in [0.3, 0.4) is 0 Å². The minimum atomic E-state index is 0. The van der Waals surface area contributed by atoms with Crippen LogP contribution in [-0.4, -0.2) is 51.1 Å². The van der Waals surface area contributed by atoms with Crippen LogP contribution in [0.25, 0.3) is 0 Å². The molecule has 0 saturated heterocycles. The molecule has 0 amide bonds. The van der Waals surface area contributed by atoms with E-state index in [0.717, 1.165) is 43.4 Å². The molecule has 0 saturated carbocycles. The van der Waals surface area contributed by atoms with Crippen molar-refractivity contribution in [1.29, 1.82) is 0 Å². The molecule has 7 nitrogen and oxygen atoms in total. The molecule has 0 radical (unpaired) electrons. The summed E-state index contributed by atoms with van der Waals surface area (Å²) in [6, 6.07) is 2.11. The Kier molecular flexibility index (Phi) is 9.28. The third kappa shape index (κ3) is 6.51. The van der Waals surface area contributed by atoms with E-state index in [4.69, 9.17) is 0 Å². The van der Waals surface area contributed by atoms with Crippen molar-refractivity contribution in [1.82, 2.24) is 29.8 Å². The molecule has 0 aliphatic carbocycles. The molecule has 8 heteroatoms. The minimum Gasteiger partial charge on any atom is -0.356 e. The van der Waals surface area contributed by atoms with Crippen molar-refractivity contribution in [2.24, 2.45) is 12.0 Å². The number of nitrogens with zero attached hydrogens (tertiary/aromatic N) is 6. The van der Waals surface area contributed by atoms with Gasteiger partial charge in [0.25, 0.3) is 0 Å². The second kappa shape index (κ2) is 10.7. The Morgan fingerprint density at radius 2 is 2.00 bits per heavy atom. The van der Waals surface area contributed by atoms with Gasteiger partial charge in [0.15, 0.2) is 5.96 Å². The zero-order chi connectivity index (χ0) is 19.3. The van der Waals surface area contributed by atoms with Gasteiger partial charge in [0.05, 0.1) is 11.4 Å². The quantitative estimate of drug-likeness (QED) is 0.282. The van der Waals surface area contributed by atoms with Gasteiger partial charge in [0.2, 0.25) is 0 Å². The molecule has 0 unspecified atom stereocenters. The number of guanidine groups is 1. The maximum atomic E-state index is 4.59. The number of rotatable bonds is 7. The van der Waals surface area contributed by atoms with Crippen molar-refractivity contribution in [2.75, 3.05) is 20.6 Å². The molecule has 152 valence electrons. The molecule has 27 heavy (non-hydrogen) atoms. The standard InChI is InChI=1S/C19H33N7.HI/c1-14(2)18-17(13-25(7)23-18)12-24(6)19(20-5)21-9-8-10-26-16(4)11-15(3)22-26;/h11,13-14H,8-10,12H2,1-7H3,(H,20,21);1H. The molecular weight excluding hydrogens is 453 g/mol. The molecule has 0 aliphatic rings. The summed E-state index contributed by atoms with van der Waals surface area (Å²) >= 11 is 0. The molecule has 0 aliphatic heterocycles. The largest absolute Gasteiger partial charge is 0.356 e. The molecule has 1 N–H and O–H groups in total. The SMILES string of the molecule is CN=C(NCCCn1nc(C)cc1C)N(C)Cc1cn(C)nc1C(C)C.I. The van der Waals surface area contributed by atoms with Crippen molar-refractivity contribution in [2.45, 2.75) is 53.1 Å². The van der Waals surface area contributed by atoms with Gasteiger partial charge < -0.3 is 10.2 Å². The van der Waals surface area contributed by atoms with Gasteiger partial charge in [-0.3, -0.25) is 14.4 Å². The highest BCUT2D eigenvalue weighted by Gasteiger charge is 2.15. The highest BCUT2D eigenvalue weighted by atomic mass is 127. The van der Waals surface area contributed by atoms with Gasteiger partial charge in [-0.1, -0.05) is 13.8 Å². The lowest BCUT2D eigenvalue weighted by Gasteiger charge is -2.22. The van der Waals surface area contributed by atoms with Gasteiger partial charge in [-0.2, -0.15) is 10.2 Å². The first kappa shape index (κ1) is 23.5. The van der Waals surface area contributed by atoms with Crippen LogP contribution < -0.4 is 5.32 Å². The Balaban J connectivity index is 0.00000364. The monoisotopic (exact) mass is 487 g/mol. The molecular formula is C19H34IN7. The van der Waals surface area contributed by atoms with Gasteiger partial charge in [-0.25, -0.2) is 0 Å². The third-order valence-electron chi connectivity index (χ3n) is 4.40. The third-order valence-corrected chi connectivity index (χ3v) is 4.40. The fourth-order valence-corrected chi connectivity index (χ4v) is 3.21. The fourth-order valence-electron chi connectivity index (χ4n) is 3.21. The van der Waals surface area contributed by atoms with E-state index in [0.29, 0.717) is 5.92 Å². The van der Waals surface area contributed by atoms with Crippen LogP contribution in [-0.2, 0) is 20.1 Å². The first-order valence-corrected chi connectivity index (χ1v) is 9.27. The summed E-state index contributed by atoms with van der Waals surface area (Å²) in [6.07, 6.45) is 3.10. The Morgan fingerprint density at radius 1 is 1.30 bits per heavy atom. The predicted molar refractivity (Wildman–Crippen MR) is 122 cm³/mol. The average Bonchev–Trinajstić information content (AvgIpc) is 3.09. The van der Waals surface area contributed by atoms with Gasteiger partial charge in [-0.15, -0.1) is 24.0 Å². The van der Waals surface area contributed by atoms with Crippen molar-refractivity contribution in [3.8, 4) is 0 Å². The summed E-state index contributed by atoms with van der Waals surface area (Å²) in [5, 5.41) is 12.5. The number of aromatic nitrogens is 4. The van der Waals surface area contributed by atoms with E-state index < -0.39 is 0 Å². The van der Waals surface area contributed by atoms with Crippen LogP contribution in [0.4, 0.5) is 0 Å².